The van der Waals surface area contributed by atoms with Crippen LogP contribution in [0, 0.1) is 0 Å². The molecule has 1 aromatic heterocycles. The highest BCUT2D eigenvalue weighted by molar-refractivity contribution is 7.12. The van der Waals surface area contributed by atoms with Crippen LogP contribution in [0.5, 0.6) is 0 Å². The molecule has 6 heteroatoms. The van der Waals surface area contributed by atoms with Crippen LogP contribution in [0.2, 0.25) is 0 Å². The summed E-state index contributed by atoms with van der Waals surface area (Å²) in [5.74, 6) is -0.437. The van der Waals surface area contributed by atoms with Gasteiger partial charge in [0.15, 0.2) is 0 Å². The summed E-state index contributed by atoms with van der Waals surface area (Å²) in [6.45, 7) is 10.1. The van der Waals surface area contributed by atoms with Crippen molar-refractivity contribution >= 4 is 34.7 Å². The Morgan fingerprint density at radius 2 is 1.86 bits per heavy atom. The van der Waals surface area contributed by atoms with Gasteiger partial charge in [-0.2, -0.15) is 0 Å². The number of rotatable bonds is 6. The molecule has 0 radical (unpaired) electrons. The van der Waals surface area contributed by atoms with E-state index >= 15 is 0 Å². The lowest BCUT2D eigenvalue weighted by atomic mass is 9.95. The molecular formula is C23H28N2O3S. The Kier molecular flexibility index (Phi) is 5.94. The van der Waals surface area contributed by atoms with Crippen molar-refractivity contribution in [1.29, 1.82) is 0 Å². The van der Waals surface area contributed by atoms with Crippen molar-refractivity contribution in [2.75, 3.05) is 4.90 Å². The molecule has 0 spiro atoms. The van der Waals surface area contributed by atoms with Gasteiger partial charge in [0, 0.05) is 5.54 Å². The van der Waals surface area contributed by atoms with Gasteiger partial charge in [-0.1, -0.05) is 39.0 Å². The third kappa shape index (κ3) is 3.99. The van der Waals surface area contributed by atoms with Crippen molar-refractivity contribution < 1.29 is 14.4 Å². The molecule has 29 heavy (non-hydrogen) atoms. The zero-order valence-electron chi connectivity index (χ0n) is 17.6. The lowest BCUT2D eigenvalue weighted by Crippen LogP contribution is -2.55. The van der Waals surface area contributed by atoms with E-state index in [1.807, 2.05) is 56.5 Å². The highest BCUT2D eigenvalue weighted by atomic mass is 32.1. The molecule has 3 amide bonds. The van der Waals surface area contributed by atoms with Gasteiger partial charge >= 0.3 is 0 Å². The molecule has 1 aliphatic rings. The van der Waals surface area contributed by atoms with E-state index in [-0.39, 0.29) is 24.1 Å². The molecule has 1 fully saturated rings. The van der Waals surface area contributed by atoms with Crippen molar-refractivity contribution in [3.63, 3.8) is 0 Å². The number of hydrogen-bond donors (Lipinski definition) is 0. The summed E-state index contributed by atoms with van der Waals surface area (Å²) in [5, 5.41) is 1.84. The lowest BCUT2D eigenvalue weighted by molar-refractivity contribution is -0.123. The standard InChI is InChI=1S/C23H28N2O3S/c1-6-23(4,5)25(22(28)19-8-7-13-29-19)18-14-20(26)24(21(18)27)17-11-9-16(10-12-17)15(2)3/h7-13,15,18H,6,14H2,1-5H3. The maximum absolute atomic E-state index is 13.3. The second kappa shape index (κ2) is 8.11. The fourth-order valence-corrected chi connectivity index (χ4v) is 4.28. The van der Waals surface area contributed by atoms with Crippen LogP contribution in [0.1, 0.15) is 68.6 Å². The van der Waals surface area contributed by atoms with E-state index in [2.05, 4.69) is 13.8 Å². The Balaban J connectivity index is 1.95. The third-order valence-electron chi connectivity index (χ3n) is 5.72. The number of amides is 3. The van der Waals surface area contributed by atoms with Crippen LogP contribution in [-0.2, 0) is 9.59 Å². The smallest absolute Gasteiger partial charge is 0.265 e. The minimum Gasteiger partial charge on any atom is -0.320 e. The summed E-state index contributed by atoms with van der Waals surface area (Å²) in [6, 6.07) is 10.3. The van der Waals surface area contributed by atoms with Crippen molar-refractivity contribution in [1.82, 2.24) is 4.90 Å². The van der Waals surface area contributed by atoms with E-state index in [9.17, 15) is 14.4 Å². The van der Waals surface area contributed by atoms with Gasteiger partial charge in [-0.15, -0.1) is 11.3 Å². The van der Waals surface area contributed by atoms with Gasteiger partial charge in [0.1, 0.15) is 6.04 Å². The van der Waals surface area contributed by atoms with E-state index in [0.717, 1.165) is 5.56 Å². The van der Waals surface area contributed by atoms with Crippen LogP contribution in [0.25, 0.3) is 0 Å². The van der Waals surface area contributed by atoms with Gasteiger partial charge in [-0.3, -0.25) is 14.4 Å². The van der Waals surface area contributed by atoms with E-state index in [1.54, 1.807) is 11.0 Å². The van der Waals surface area contributed by atoms with Crippen LogP contribution in [-0.4, -0.2) is 34.2 Å². The molecule has 5 nitrogen and oxygen atoms in total. The van der Waals surface area contributed by atoms with E-state index in [4.69, 9.17) is 0 Å². The van der Waals surface area contributed by atoms with Gasteiger partial charge in [0.05, 0.1) is 17.0 Å². The van der Waals surface area contributed by atoms with Crippen molar-refractivity contribution in [3.05, 3.63) is 52.2 Å². The molecule has 0 aliphatic carbocycles. The fourth-order valence-electron chi connectivity index (χ4n) is 3.62. The van der Waals surface area contributed by atoms with Crippen molar-refractivity contribution in [2.24, 2.45) is 0 Å². The normalized spacial score (nSPS) is 17.3. The maximum atomic E-state index is 13.3. The zero-order valence-corrected chi connectivity index (χ0v) is 18.5. The van der Waals surface area contributed by atoms with E-state index < -0.39 is 11.6 Å². The number of benzene rings is 1. The molecule has 154 valence electrons. The van der Waals surface area contributed by atoms with Gasteiger partial charge in [0.25, 0.3) is 11.8 Å². The van der Waals surface area contributed by atoms with E-state index in [0.29, 0.717) is 22.9 Å². The number of hydrogen-bond acceptors (Lipinski definition) is 4. The zero-order chi connectivity index (χ0) is 21.3. The molecule has 0 saturated carbocycles. The highest BCUT2D eigenvalue weighted by Gasteiger charge is 2.48. The Bertz CT molecular complexity index is 901. The molecule has 0 bridgehead atoms. The van der Waals surface area contributed by atoms with Crippen LogP contribution in [0.15, 0.2) is 41.8 Å². The van der Waals surface area contributed by atoms with Crippen LogP contribution < -0.4 is 4.90 Å². The van der Waals surface area contributed by atoms with Gasteiger partial charge in [-0.25, -0.2) is 4.90 Å². The SMILES string of the molecule is CCC(C)(C)N(C(=O)c1cccs1)C1CC(=O)N(c2ccc(C(C)C)cc2)C1=O. The fraction of sp³-hybridized carbons (Fsp3) is 0.435. The monoisotopic (exact) mass is 412 g/mol. The number of carbonyl (C=O) groups is 3. The molecule has 3 rings (SSSR count). The summed E-state index contributed by atoms with van der Waals surface area (Å²) >= 11 is 1.35. The minimum absolute atomic E-state index is 0.00527. The molecule has 0 N–H and O–H groups in total. The third-order valence-corrected chi connectivity index (χ3v) is 6.58. The second-order valence-corrected chi connectivity index (χ2v) is 9.30. The topological polar surface area (TPSA) is 57.7 Å². The number of anilines is 1. The average Bonchev–Trinajstić information content (AvgIpc) is 3.31. The van der Waals surface area contributed by atoms with Gasteiger partial charge < -0.3 is 4.90 Å². The summed E-state index contributed by atoms with van der Waals surface area (Å²) < 4.78 is 0. The molecule has 1 aromatic carbocycles. The molecule has 2 heterocycles. The second-order valence-electron chi connectivity index (χ2n) is 8.35. The summed E-state index contributed by atoms with van der Waals surface area (Å²) in [6.07, 6.45) is 0.677. The predicted octanol–water partition coefficient (Wildman–Crippen LogP) is 4.83. The number of nitrogens with zero attached hydrogens (tertiary/aromatic N) is 2. The van der Waals surface area contributed by atoms with Crippen LogP contribution in [0.4, 0.5) is 5.69 Å². The molecule has 1 aliphatic heterocycles. The first-order valence-electron chi connectivity index (χ1n) is 10.0. The van der Waals surface area contributed by atoms with Crippen LogP contribution in [0.3, 0.4) is 0 Å². The number of carbonyl (C=O) groups excluding carboxylic acids is 3. The first-order valence-corrected chi connectivity index (χ1v) is 10.9. The van der Waals surface area contributed by atoms with Gasteiger partial charge in [-0.05, 0) is 55.3 Å². The maximum Gasteiger partial charge on any atom is 0.265 e. The quantitative estimate of drug-likeness (QED) is 0.638. The summed E-state index contributed by atoms with van der Waals surface area (Å²) in [4.78, 5) is 42.8. The summed E-state index contributed by atoms with van der Waals surface area (Å²) in [7, 11) is 0. The predicted molar refractivity (Wildman–Crippen MR) is 116 cm³/mol. The molecule has 1 atom stereocenters. The van der Waals surface area contributed by atoms with Gasteiger partial charge in [0.2, 0.25) is 5.91 Å². The number of imide groups is 1. The first-order chi connectivity index (χ1) is 13.7. The van der Waals surface area contributed by atoms with Crippen molar-refractivity contribution in [3.8, 4) is 0 Å². The Morgan fingerprint density at radius 1 is 1.21 bits per heavy atom. The molecule has 1 saturated heterocycles. The molecular weight excluding hydrogens is 384 g/mol. The Morgan fingerprint density at radius 3 is 2.38 bits per heavy atom. The van der Waals surface area contributed by atoms with Crippen LogP contribution >= 0.6 is 11.3 Å². The number of thiophene rings is 1. The molecule has 1 unspecified atom stereocenters. The highest BCUT2D eigenvalue weighted by Crippen LogP contribution is 2.33. The van der Waals surface area contributed by atoms with E-state index in [1.165, 1.54) is 16.2 Å². The Hall–Kier alpha value is -2.47. The lowest BCUT2D eigenvalue weighted by Gasteiger charge is -2.41. The largest absolute Gasteiger partial charge is 0.320 e. The summed E-state index contributed by atoms with van der Waals surface area (Å²) in [5.41, 5.74) is 1.15. The minimum atomic E-state index is -0.795. The Labute approximate surface area is 176 Å². The van der Waals surface area contributed by atoms with Crippen molar-refractivity contribution in [2.45, 2.75) is 65.0 Å². The average molecular weight is 413 g/mol. The first kappa shape index (κ1) is 21.2. The molecule has 2 aromatic rings.